The fourth-order valence-electron chi connectivity index (χ4n) is 2.53. The Morgan fingerprint density at radius 3 is 2.33 bits per heavy atom. The molecule has 0 saturated carbocycles. The number of nitrogens with zero attached hydrogens (tertiary/aromatic N) is 3. The number of thioether (sulfide) groups is 1. The zero-order valence-corrected chi connectivity index (χ0v) is 17.2. The first-order valence-electron chi connectivity index (χ1n) is 8.21. The molecule has 2 aromatic rings. The van der Waals surface area contributed by atoms with Gasteiger partial charge in [-0.1, -0.05) is 30.0 Å². The van der Waals surface area contributed by atoms with Crippen molar-refractivity contribution in [2.75, 3.05) is 14.2 Å². The predicted octanol–water partition coefficient (Wildman–Crippen LogP) is 4.13. The van der Waals surface area contributed by atoms with Crippen molar-refractivity contribution >= 4 is 51.7 Å². The molecule has 0 spiro atoms. The van der Waals surface area contributed by atoms with Crippen LogP contribution in [0, 0.1) is 20.2 Å². The molecule has 1 saturated heterocycles. The lowest BCUT2D eigenvalue weighted by molar-refractivity contribution is -0.394. The van der Waals surface area contributed by atoms with Crippen molar-refractivity contribution in [3.63, 3.8) is 0 Å². The minimum absolute atomic E-state index is 0.134. The molecule has 10 nitrogen and oxygen atoms in total. The maximum atomic E-state index is 12.2. The Labute approximate surface area is 179 Å². The van der Waals surface area contributed by atoms with Crippen LogP contribution in [0.15, 0.2) is 41.3 Å². The van der Waals surface area contributed by atoms with Crippen molar-refractivity contribution in [1.82, 2.24) is 4.90 Å². The summed E-state index contributed by atoms with van der Waals surface area (Å²) in [5.74, 6) is -0.0201. The van der Waals surface area contributed by atoms with E-state index in [2.05, 4.69) is 0 Å². The summed E-state index contributed by atoms with van der Waals surface area (Å²) < 4.78 is 11.3. The van der Waals surface area contributed by atoms with Gasteiger partial charge in [0.05, 0.1) is 27.9 Å². The van der Waals surface area contributed by atoms with E-state index in [-0.39, 0.29) is 23.2 Å². The molecule has 0 radical (unpaired) electrons. The molecule has 154 valence electrons. The third kappa shape index (κ3) is 4.23. The standard InChI is InChI=1S/C18H13N3O7S2/c1-19-17(22)16(30-18(19)29)8-10-3-5-14(27-2)15(7-10)28-13-6-4-11(20(23)24)9-12(13)21(25)26/h3-9H,1-2H3. The molecule has 1 aliphatic heterocycles. The Bertz CT molecular complexity index is 1120. The van der Waals surface area contributed by atoms with E-state index < -0.39 is 21.2 Å². The van der Waals surface area contributed by atoms with Gasteiger partial charge < -0.3 is 9.47 Å². The van der Waals surface area contributed by atoms with Gasteiger partial charge in [-0.25, -0.2) is 0 Å². The fourth-order valence-corrected chi connectivity index (χ4v) is 3.71. The Morgan fingerprint density at radius 1 is 1.07 bits per heavy atom. The third-order valence-corrected chi connectivity index (χ3v) is 5.53. The molecule has 0 unspecified atom stereocenters. The number of methoxy groups -OCH3 is 1. The summed E-state index contributed by atoms with van der Waals surface area (Å²) in [4.78, 5) is 34.7. The van der Waals surface area contributed by atoms with Gasteiger partial charge in [0.25, 0.3) is 11.6 Å². The third-order valence-electron chi connectivity index (χ3n) is 4.04. The molecule has 1 heterocycles. The van der Waals surface area contributed by atoms with Crippen LogP contribution in [0.2, 0.25) is 0 Å². The minimum atomic E-state index is -0.773. The molecule has 0 aliphatic carbocycles. The van der Waals surface area contributed by atoms with Gasteiger partial charge in [-0.05, 0) is 29.8 Å². The maximum Gasteiger partial charge on any atom is 0.318 e. The summed E-state index contributed by atoms with van der Waals surface area (Å²) in [7, 11) is 2.98. The molecule has 0 aromatic heterocycles. The second-order valence-corrected chi connectivity index (χ2v) is 7.60. The van der Waals surface area contributed by atoms with Crippen molar-refractivity contribution in [3.05, 3.63) is 67.1 Å². The number of nitro benzene ring substituents is 2. The van der Waals surface area contributed by atoms with E-state index in [0.29, 0.717) is 14.8 Å². The van der Waals surface area contributed by atoms with Crippen molar-refractivity contribution in [1.29, 1.82) is 0 Å². The number of hydrogen-bond acceptors (Lipinski definition) is 9. The highest BCUT2D eigenvalue weighted by atomic mass is 32.2. The highest BCUT2D eigenvalue weighted by molar-refractivity contribution is 8.26. The van der Waals surface area contributed by atoms with Crippen molar-refractivity contribution in [2.24, 2.45) is 0 Å². The van der Waals surface area contributed by atoms with E-state index in [0.717, 1.165) is 30.0 Å². The summed E-state index contributed by atoms with van der Waals surface area (Å²) in [5.41, 5.74) is -0.427. The van der Waals surface area contributed by atoms with Crippen LogP contribution in [0.25, 0.3) is 6.08 Å². The zero-order chi connectivity index (χ0) is 22.0. The van der Waals surface area contributed by atoms with E-state index >= 15 is 0 Å². The largest absolute Gasteiger partial charge is 0.493 e. The number of rotatable bonds is 6. The summed E-state index contributed by atoms with van der Waals surface area (Å²) in [6, 6.07) is 7.85. The van der Waals surface area contributed by atoms with E-state index in [1.54, 1.807) is 25.3 Å². The van der Waals surface area contributed by atoms with Crippen LogP contribution < -0.4 is 9.47 Å². The monoisotopic (exact) mass is 447 g/mol. The van der Waals surface area contributed by atoms with Crippen LogP contribution >= 0.6 is 24.0 Å². The molecule has 1 amide bonds. The number of nitro groups is 2. The van der Waals surface area contributed by atoms with Crippen molar-refractivity contribution < 1.29 is 24.1 Å². The van der Waals surface area contributed by atoms with E-state index in [9.17, 15) is 25.0 Å². The minimum Gasteiger partial charge on any atom is -0.493 e. The Kier molecular flexibility index (Phi) is 5.99. The summed E-state index contributed by atoms with van der Waals surface area (Å²) in [5, 5.41) is 22.2. The highest BCUT2D eigenvalue weighted by Gasteiger charge is 2.29. The normalized spacial score (nSPS) is 14.9. The van der Waals surface area contributed by atoms with E-state index in [4.69, 9.17) is 21.7 Å². The van der Waals surface area contributed by atoms with Crippen LogP contribution in [0.3, 0.4) is 0 Å². The van der Waals surface area contributed by atoms with Crippen LogP contribution in [-0.2, 0) is 4.79 Å². The summed E-state index contributed by atoms with van der Waals surface area (Å²) >= 11 is 6.25. The molecule has 1 fully saturated rings. The topological polar surface area (TPSA) is 125 Å². The van der Waals surface area contributed by atoms with E-state index in [1.807, 2.05) is 0 Å². The van der Waals surface area contributed by atoms with Gasteiger partial charge >= 0.3 is 5.69 Å². The first-order valence-corrected chi connectivity index (χ1v) is 9.44. The van der Waals surface area contributed by atoms with Crippen LogP contribution in [0.5, 0.6) is 17.2 Å². The average molecular weight is 447 g/mol. The van der Waals surface area contributed by atoms with Gasteiger partial charge in [0.2, 0.25) is 5.75 Å². The zero-order valence-electron chi connectivity index (χ0n) is 15.6. The SMILES string of the molecule is COc1ccc(C=C2SC(=S)N(C)C2=O)cc1Oc1ccc([N+](=O)[O-])cc1[N+](=O)[O-]. The average Bonchev–Trinajstić information content (AvgIpc) is 2.94. The van der Waals surface area contributed by atoms with Gasteiger partial charge in [-0.15, -0.1) is 0 Å². The number of thiocarbonyl (C=S) groups is 1. The van der Waals surface area contributed by atoms with Gasteiger partial charge in [-0.2, -0.15) is 0 Å². The lowest BCUT2D eigenvalue weighted by atomic mass is 10.1. The first kappa shape index (κ1) is 21.2. The van der Waals surface area contributed by atoms with Gasteiger partial charge in [0.15, 0.2) is 11.5 Å². The fraction of sp³-hybridized carbons (Fsp3) is 0.111. The Morgan fingerprint density at radius 2 is 1.77 bits per heavy atom. The lowest BCUT2D eigenvalue weighted by Crippen LogP contribution is -2.22. The molecule has 12 heteroatoms. The molecule has 1 aliphatic rings. The second-order valence-electron chi connectivity index (χ2n) is 5.92. The van der Waals surface area contributed by atoms with Crippen LogP contribution in [0.4, 0.5) is 11.4 Å². The van der Waals surface area contributed by atoms with E-state index in [1.165, 1.54) is 18.1 Å². The Hall–Kier alpha value is -3.51. The van der Waals surface area contributed by atoms with Crippen LogP contribution in [-0.4, -0.2) is 39.1 Å². The quantitative estimate of drug-likeness (QED) is 0.278. The number of non-ortho nitro benzene ring substituents is 1. The number of carbonyl (C=O) groups excluding carboxylic acids is 1. The Balaban J connectivity index is 2.00. The molecular formula is C18H13N3O7S2. The molecule has 3 rings (SSSR count). The second kappa shape index (κ2) is 8.47. The number of benzene rings is 2. The molecule has 0 N–H and O–H groups in total. The smallest absolute Gasteiger partial charge is 0.318 e. The first-order chi connectivity index (χ1) is 14.2. The van der Waals surface area contributed by atoms with Gasteiger partial charge in [0, 0.05) is 13.1 Å². The van der Waals surface area contributed by atoms with Gasteiger partial charge in [-0.3, -0.25) is 29.9 Å². The van der Waals surface area contributed by atoms with Crippen LogP contribution in [0.1, 0.15) is 5.56 Å². The number of amides is 1. The lowest BCUT2D eigenvalue weighted by Gasteiger charge is -2.11. The number of ether oxygens (including phenoxy) is 2. The molecule has 2 aromatic carbocycles. The van der Waals surface area contributed by atoms with Crippen molar-refractivity contribution in [3.8, 4) is 17.2 Å². The maximum absolute atomic E-state index is 12.2. The molecule has 0 atom stereocenters. The summed E-state index contributed by atoms with van der Waals surface area (Å²) in [6.45, 7) is 0. The highest BCUT2D eigenvalue weighted by Crippen LogP contribution is 2.39. The number of likely N-dealkylation sites (N-methyl/N-ethyl adjacent to an activating group) is 1. The van der Waals surface area contributed by atoms with Crippen molar-refractivity contribution in [2.45, 2.75) is 0 Å². The predicted molar refractivity (Wildman–Crippen MR) is 114 cm³/mol. The van der Waals surface area contributed by atoms with Gasteiger partial charge in [0.1, 0.15) is 4.32 Å². The number of carbonyl (C=O) groups is 1. The molecule has 30 heavy (non-hydrogen) atoms. The number of hydrogen-bond donors (Lipinski definition) is 0. The molecule has 0 bridgehead atoms. The summed E-state index contributed by atoms with van der Waals surface area (Å²) in [6.07, 6.45) is 1.61. The molecular weight excluding hydrogens is 434 g/mol.